The zero-order chi connectivity index (χ0) is 34.7. The first-order valence-electron chi connectivity index (χ1n) is 15.6. The molecule has 2 atom stereocenters. The van der Waals surface area contributed by atoms with Crippen molar-refractivity contribution in [2.75, 3.05) is 18.5 Å². The zero-order valence-corrected chi connectivity index (χ0v) is 29.1. The lowest BCUT2D eigenvalue weighted by molar-refractivity contribution is -0.656. The summed E-state index contributed by atoms with van der Waals surface area (Å²) >= 11 is 0. The Bertz CT molecular complexity index is 1290. The molecule has 1 aromatic heterocycles. The van der Waals surface area contributed by atoms with Gasteiger partial charge in [-0.1, -0.05) is 32.9 Å². The fraction of sp³-hybridized carbons (Fsp3) is 0.588. The number of nitrogens with one attached hydrogen (secondary N) is 3. The molecule has 0 aliphatic carbocycles. The van der Waals surface area contributed by atoms with Crippen molar-refractivity contribution in [3.05, 3.63) is 42.6 Å². The summed E-state index contributed by atoms with van der Waals surface area (Å²) in [6, 6.07) is 10.5. The first kappa shape index (κ1) is 38.3. The topological polar surface area (TPSA) is 154 Å². The Morgan fingerprint density at radius 3 is 1.96 bits per heavy atom. The van der Waals surface area contributed by atoms with E-state index in [2.05, 4.69) is 16.0 Å². The van der Waals surface area contributed by atoms with Gasteiger partial charge >= 0.3 is 18.1 Å². The van der Waals surface area contributed by atoms with Gasteiger partial charge in [0.25, 0.3) is 5.82 Å². The van der Waals surface area contributed by atoms with Gasteiger partial charge in [-0.2, -0.15) is 0 Å². The molecule has 46 heavy (non-hydrogen) atoms. The molecular formula is C34H54N5O7+. The number of nitrogens with two attached hydrogens (primary N) is 1. The first-order valence-corrected chi connectivity index (χ1v) is 15.6. The summed E-state index contributed by atoms with van der Waals surface area (Å²) in [7, 11) is 1.83. The highest BCUT2D eigenvalue weighted by atomic mass is 16.6. The first-order chi connectivity index (χ1) is 21.3. The standard InChI is InChI=1S/C34H53N5O7/c1-32(2,3)27(46-35)22-43-25-17-14-23(15-18-25)24-16-19-28(39(10)21-24)38-29(40)26(37-31(42)45-34(7,8)9)13-11-12-20-36-30(41)44-33(4,5)6/h14-19,21,26-27H,11-13,20,22,35H2,1-10H3,(H2,36,37,41,42)/p+1/t26-,27-/m0/s1. The largest absolute Gasteiger partial charge is 0.491 e. The van der Waals surface area contributed by atoms with E-state index in [4.69, 9.17) is 24.9 Å². The number of rotatable bonds is 13. The van der Waals surface area contributed by atoms with Crippen LogP contribution in [0.2, 0.25) is 0 Å². The Balaban J connectivity index is 2.05. The number of ether oxygens (including phenoxy) is 3. The predicted molar refractivity (Wildman–Crippen MR) is 177 cm³/mol. The van der Waals surface area contributed by atoms with Gasteiger partial charge in [0, 0.05) is 18.2 Å². The number of nitrogens with zero attached hydrogens (tertiary/aromatic N) is 1. The van der Waals surface area contributed by atoms with Gasteiger partial charge in [-0.3, -0.25) is 4.84 Å². The number of aromatic nitrogens is 1. The number of unbranched alkanes of at least 4 members (excludes halogenated alkanes) is 1. The lowest BCUT2D eigenvalue weighted by Crippen LogP contribution is -2.47. The monoisotopic (exact) mass is 644 g/mol. The van der Waals surface area contributed by atoms with E-state index in [-0.39, 0.29) is 17.4 Å². The van der Waals surface area contributed by atoms with E-state index in [0.717, 1.165) is 11.1 Å². The van der Waals surface area contributed by atoms with Crippen LogP contribution in [-0.4, -0.2) is 54.6 Å². The second-order valence-electron chi connectivity index (χ2n) is 14.4. The molecule has 0 bridgehead atoms. The van der Waals surface area contributed by atoms with E-state index in [9.17, 15) is 14.4 Å². The minimum Gasteiger partial charge on any atom is -0.491 e. The summed E-state index contributed by atoms with van der Waals surface area (Å²) in [5.74, 6) is 6.31. The van der Waals surface area contributed by atoms with E-state index in [1.165, 1.54) is 0 Å². The molecule has 3 amide bonds. The molecule has 5 N–H and O–H groups in total. The fourth-order valence-corrected chi connectivity index (χ4v) is 4.23. The van der Waals surface area contributed by atoms with Gasteiger partial charge in [0.2, 0.25) is 0 Å². The highest BCUT2D eigenvalue weighted by Crippen LogP contribution is 2.25. The molecule has 1 heterocycles. The van der Waals surface area contributed by atoms with Crippen LogP contribution in [0.4, 0.5) is 15.4 Å². The molecule has 1 aromatic carbocycles. The van der Waals surface area contributed by atoms with Crippen molar-refractivity contribution in [1.82, 2.24) is 10.6 Å². The molecule has 12 heteroatoms. The molecule has 0 saturated heterocycles. The number of hydrogen-bond acceptors (Lipinski definition) is 8. The van der Waals surface area contributed by atoms with Gasteiger partial charge in [0.15, 0.2) is 0 Å². The third-order valence-corrected chi connectivity index (χ3v) is 6.70. The second kappa shape index (κ2) is 16.6. The smallest absolute Gasteiger partial charge is 0.408 e. The molecule has 0 aliphatic heterocycles. The van der Waals surface area contributed by atoms with E-state index in [1.54, 1.807) is 52.2 Å². The van der Waals surface area contributed by atoms with E-state index < -0.39 is 29.4 Å². The molecular weight excluding hydrogens is 590 g/mol. The number of anilines is 1. The van der Waals surface area contributed by atoms with Crippen molar-refractivity contribution in [2.45, 2.75) is 105 Å². The van der Waals surface area contributed by atoms with Crippen LogP contribution in [0.5, 0.6) is 5.75 Å². The van der Waals surface area contributed by atoms with Gasteiger partial charge in [0.05, 0.1) is 13.2 Å². The van der Waals surface area contributed by atoms with Crippen LogP contribution in [0, 0.1) is 5.41 Å². The number of hydrogen-bond donors (Lipinski definition) is 4. The van der Waals surface area contributed by atoms with Crippen LogP contribution in [0.3, 0.4) is 0 Å². The van der Waals surface area contributed by atoms with E-state index in [0.29, 0.717) is 44.0 Å². The maximum atomic E-state index is 13.4. The highest BCUT2D eigenvalue weighted by molar-refractivity contribution is 5.95. The van der Waals surface area contributed by atoms with E-state index in [1.807, 2.05) is 64.3 Å². The quantitative estimate of drug-likeness (QED) is 0.129. The molecule has 0 fully saturated rings. The second-order valence-corrected chi connectivity index (χ2v) is 14.4. The summed E-state index contributed by atoms with van der Waals surface area (Å²) in [6.45, 7) is 17.5. The molecule has 0 saturated carbocycles. The summed E-state index contributed by atoms with van der Waals surface area (Å²) in [5.41, 5.74) is 0.435. The maximum absolute atomic E-state index is 13.4. The van der Waals surface area contributed by atoms with Crippen LogP contribution < -0.4 is 31.2 Å². The zero-order valence-electron chi connectivity index (χ0n) is 29.1. The molecule has 0 spiro atoms. The van der Waals surface area contributed by atoms with Gasteiger partial charge in [-0.05, 0) is 90.0 Å². The van der Waals surface area contributed by atoms with Crippen LogP contribution >= 0.6 is 0 Å². The summed E-state index contributed by atoms with van der Waals surface area (Å²) in [4.78, 5) is 42.9. The van der Waals surface area contributed by atoms with E-state index >= 15 is 0 Å². The summed E-state index contributed by atoms with van der Waals surface area (Å²) in [5, 5.41) is 8.32. The van der Waals surface area contributed by atoms with Crippen LogP contribution in [-0.2, 0) is 26.2 Å². The number of amides is 3. The number of benzene rings is 1. The fourth-order valence-electron chi connectivity index (χ4n) is 4.23. The number of aryl methyl sites for hydroxylation is 1. The average molecular weight is 645 g/mol. The molecule has 0 unspecified atom stereocenters. The number of pyridine rings is 1. The van der Waals surface area contributed by atoms with Gasteiger partial charge in [0.1, 0.15) is 35.7 Å². The SMILES string of the molecule is C[n+]1cc(-c2ccc(OC[C@H](ON)C(C)(C)C)cc2)ccc1NC(=O)[C@H](CCCCNC(=O)OC(C)(C)C)NC(=O)OC(C)(C)C. The molecule has 12 nitrogen and oxygen atoms in total. The van der Waals surface area contributed by atoms with Crippen LogP contribution in [0.25, 0.3) is 11.1 Å². The molecule has 2 aromatic rings. The number of carbonyl (C=O) groups excluding carboxylic acids is 3. The van der Waals surface area contributed by atoms with Crippen LogP contribution in [0.1, 0.15) is 81.6 Å². The van der Waals surface area contributed by atoms with Gasteiger partial charge in [-0.15, -0.1) is 0 Å². The Hall–Kier alpha value is -3.90. The van der Waals surface area contributed by atoms with Crippen molar-refractivity contribution < 1.29 is 38.0 Å². The summed E-state index contributed by atoms with van der Waals surface area (Å²) < 4.78 is 18.3. The molecule has 256 valence electrons. The lowest BCUT2D eigenvalue weighted by Gasteiger charge is -2.28. The Kier molecular flexibility index (Phi) is 13.8. The average Bonchev–Trinajstić information content (AvgIpc) is 2.91. The lowest BCUT2D eigenvalue weighted by atomic mass is 9.90. The Morgan fingerprint density at radius 1 is 0.826 bits per heavy atom. The van der Waals surface area contributed by atoms with Crippen LogP contribution in [0.15, 0.2) is 42.6 Å². The molecule has 2 rings (SSSR count). The summed E-state index contributed by atoms with van der Waals surface area (Å²) in [6.07, 6.45) is 1.95. The van der Waals surface area contributed by atoms with Crippen molar-refractivity contribution in [3.8, 4) is 16.9 Å². The number of carbonyl (C=O) groups is 3. The van der Waals surface area contributed by atoms with Gasteiger partial charge < -0.3 is 24.8 Å². The predicted octanol–water partition coefficient (Wildman–Crippen LogP) is 5.39. The molecule has 0 aliphatic rings. The maximum Gasteiger partial charge on any atom is 0.408 e. The van der Waals surface area contributed by atoms with Crippen molar-refractivity contribution in [1.29, 1.82) is 0 Å². The van der Waals surface area contributed by atoms with Gasteiger partial charge in [-0.25, -0.2) is 30.2 Å². The minimum atomic E-state index is -0.855. The normalized spacial score (nSPS) is 13.3. The minimum absolute atomic E-state index is 0.160. The number of alkyl carbamates (subject to hydrolysis) is 2. The Morgan fingerprint density at radius 2 is 1.41 bits per heavy atom. The highest BCUT2D eigenvalue weighted by Gasteiger charge is 2.28. The van der Waals surface area contributed by atoms with Crippen molar-refractivity contribution >= 4 is 23.9 Å². The van der Waals surface area contributed by atoms with Crippen molar-refractivity contribution in [3.63, 3.8) is 0 Å². The third-order valence-electron chi connectivity index (χ3n) is 6.70. The third kappa shape index (κ3) is 14.0. The van der Waals surface area contributed by atoms with Crippen molar-refractivity contribution in [2.24, 2.45) is 18.4 Å². The Labute approximate surface area is 273 Å². The molecule has 0 radical (unpaired) electrons.